The van der Waals surface area contributed by atoms with E-state index >= 15 is 0 Å². The van der Waals surface area contributed by atoms with Crippen LogP contribution in [0, 0.1) is 6.92 Å². The highest BCUT2D eigenvalue weighted by molar-refractivity contribution is 5.25. The fourth-order valence-electron chi connectivity index (χ4n) is 2.07. The van der Waals surface area contributed by atoms with Crippen molar-refractivity contribution in [3.8, 4) is 0 Å². The Kier molecular flexibility index (Phi) is 5.17. The molecule has 0 atom stereocenters. The van der Waals surface area contributed by atoms with Crippen molar-refractivity contribution in [2.45, 2.75) is 33.3 Å². The van der Waals surface area contributed by atoms with Gasteiger partial charge in [0.1, 0.15) is 0 Å². The molecule has 2 aromatic carbocycles. The van der Waals surface area contributed by atoms with Crippen molar-refractivity contribution in [2.24, 2.45) is 0 Å². The first-order valence-corrected chi connectivity index (χ1v) is 6.99. The predicted octanol–water partition coefficient (Wildman–Crippen LogP) is 4.32. The maximum atomic E-state index is 5.40. The first-order chi connectivity index (χ1) is 9.28. The molecule has 0 saturated heterocycles. The quantitative estimate of drug-likeness (QED) is 0.746. The molecule has 0 spiro atoms. The molecular weight excluding hydrogens is 232 g/mol. The summed E-state index contributed by atoms with van der Waals surface area (Å²) in [5.41, 5.74) is 5.37. The van der Waals surface area contributed by atoms with Gasteiger partial charge in [-0.25, -0.2) is 0 Å². The highest BCUT2D eigenvalue weighted by Crippen LogP contribution is 2.10. The summed E-state index contributed by atoms with van der Waals surface area (Å²) >= 11 is 0. The van der Waals surface area contributed by atoms with E-state index in [-0.39, 0.29) is 0 Å². The van der Waals surface area contributed by atoms with Crippen molar-refractivity contribution in [3.63, 3.8) is 0 Å². The third kappa shape index (κ3) is 4.53. The van der Waals surface area contributed by atoms with Crippen LogP contribution >= 0.6 is 0 Å². The maximum absolute atomic E-state index is 5.40. The zero-order valence-corrected chi connectivity index (χ0v) is 11.9. The van der Waals surface area contributed by atoms with Gasteiger partial charge in [0, 0.05) is 6.61 Å². The first kappa shape index (κ1) is 13.8. The van der Waals surface area contributed by atoms with Gasteiger partial charge in [-0.05, 0) is 43.4 Å². The van der Waals surface area contributed by atoms with Crippen molar-refractivity contribution >= 4 is 0 Å². The normalized spacial score (nSPS) is 10.6. The second kappa shape index (κ2) is 7.10. The van der Waals surface area contributed by atoms with Gasteiger partial charge < -0.3 is 4.74 Å². The third-order valence-corrected chi connectivity index (χ3v) is 3.32. The van der Waals surface area contributed by atoms with Crippen LogP contribution in [0.5, 0.6) is 0 Å². The molecule has 0 aliphatic rings. The molecule has 2 aromatic rings. The summed E-state index contributed by atoms with van der Waals surface area (Å²) in [5, 5.41) is 0. The number of hydrogen-bond donors (Lipinski definition) is 0. The Morgan fingerprint density at radius 2 is 1.21 bits per heavy atom. The molecule has 0 unspecified atom stereocenters. The Labute approximate surface area is 116 Å². The lowest BCUT2D eigenvalue weighted by atomic mass is 10.0. The van der Waals surface area contributed by atoms with Crippen LogP contribution in [-0.4, -0.2) is 6.61 Å². The lowest BCUT2D eigenvalue weighted by molar-refractivity contribution is 0.134. The van der Waals surface area contributed by atoms with Crippen molar-refractivity contribution in [3.05, 3.63) is 70.8 Å². The van der Waals surface area contributed by atoms with Crippen LogP contribution in [0.2, 0.25) is 0 Å². The Balaban J connectivity index is 1.87. The lowest BCUT2D eigenvalue weighted by Gasteiger charge is -2.05. The Morgan fingerprint density at radius 1 is 0.737 bits per heavy atom. The maximum Gasteiger partial charge on any atom is 0.0716 e. The summed E-state index contributed by atoms with van der Waals surface area (Å²) in [6.07, 6.45) is 2.20. The molecule has 0 saturated carbocycles. The third-order valence-electron chi connectivity index (χ3n) is 3.32. The fraction of sp³-hybridized carbons (Fsp3) is 0.333. The summed E-state index contributed by atoms with van der Waals surface area (Å²) in [5.74, 6) is 0. The first-order valence-electron chi connectivity index (χ1n) is 6.99. The van der Waals surface area contributed by atoms with Gasteiger partial charge in [-0.2, -0.15) is 0 Å². The van der Waals surface area contributed by atoms with Crippen LogP contribution in [-0.2, 0) is 24.2 Å². The molecule has 0 radical (unpaired) electrons. The Bertz CT molecular complexity index is 482. The van der Waals surface area contributed by atoms with Crippen LogP contribution in [0.25, 0.3) is 0 Å². The van der Waals surface area contributed by atoms with Crippen molar-refractivity contribution in [2.75, 3.05) is 6.61 Å². The Hall–Kier alpha value is -1.60. The second-order valence-electron chi connectivity index (χ2n) is 4.94. The van der Waals surface area contributed by atoms with Crippen LogP contribution in [0.1, 0.15) is 29.2 Å². The van der Waals surface area contributed by atoms with E-state index < -0.39 is 0 Å². The van der Waals surface area contributed by atoms with E-state index in [9.17, 15) is 0 Å². The van der Waals surface area contributed by atoms with Gasteiger partial charge in [-0.3, -0.25) is 0 Å². The summed E-state index contributed by atoms with van der Waals surface area (Å²) in [6.45, 7) is 5.64. The lowest BCUT2D eigenvalue weighted by Crippen LogP contribution is -1.94. The van der Waals surface area contributed by atoms with Crippen LogP contribution < -0.4 is 0 Å². The van der Waals surface area contributed by atoms with Crippen LogP contribution in [0.4, 0.5) is 0 Å². The van der Waals surface area contributed by atoms with E-state index in [0.717, 1.165) is 26.1 Å². The minimum absolute atomic E-state index is 0.717. The molecule has 0 bridgehead atoms. The second-order valence-corrected chi connectivity index (χ2v) is 4.94. The minimum Gasteiger partial charge on any atom is -0.377 e. The van der Waals surface area contributed by atoms with Crippen molar-refractivity contribution < 1.29 is 4.74 Å². The number of aryl methyl sites for hydroxylation is 3. The molecule has 0 aliphatic heterocycles. The zero-order chi connectivity index (χ0) is 13.5. The van der Waals surface area contributed by atoms with Crippen molar-refractivity contribution in [1.82, 2.24) is 0 Å². The smallest absolute Gasteiger partial charge is 0.0716 e. The standard InChI is InChI=1S/C18H22O/c1-3-19-14-18-12-10-17(11-13-18)9-8-16-6-4-15(2)5-7-16/h4-7,10-13H,3,8-9,14H2,1-2H3. The highest BCUT2D eigenvalue weighted by atomic mass is 16.5. The van der Waals surface area contributed by atoms with E-state index in [1.807, 2.05) is 6.92 Å². The van der Waals surface area contributed by atoms with Gasteiger partial charge in [0.15, 0.2) is 0 Å². The van der Waals surface area contributed by atoms with Gasteiger partial charge in [0.05, 0.1) is 6.61 Å². The molecule has 0 aromatic heterocycles. The van der Waals surface area contributed by atoms with Gasteiger partial charge in [-0.15, -0.1) is 0 Å². The molecule has 1 heteroatoms. The van der Waals surface area contributed by atoms with Gasteiger partial charge in [-0.1, -0.05) is 54.1 Å². The number of benzene rings is 2. The van der Waals surface area contributed by atoms with E-state index in [4.69, 9.17) is 4.74 Å². The molecule has 100 valence electrons. The van der Waals surface area contributed by atoms with Crippen LogP contribution in [0.15, 0.2) is 48.5 Å². The average molecular weight is 254 g/mol. The molecular formula is C18H22O. The van der Waals surface area contributed by atoms with Gasteiger partial charge in [0.25, 0.3) is 0 Å². The number of rotatable bonds is 6. The minimum atomic E-state index is 0.717. The zero-order valence-electron chi connectivity index (χ0n) is 11.9. The van der Waals surface area contributed by atoms with Crippen molar-refractivity contribution in [1.29, 1.82) is 0 Å². The molecule has 0 N–H and O–H groups in total. The molecule has 19 heavy (non-hydrogen) atoms. The molecule has 0 aliphatic carbocycles. The van der Waals surface area contributed by atoms with E-state index in [0.29, 0.717) is 0 Å². The Morgan fingerprint density at radius 3 is 1.74 bits per heavy atom. The molecule has 0 amide bonds. The topological polar surface area (TPSA) is 9.23 Å². The van der Waals surface area contributed by atoms with Gasteiger partial charge >= 0.3 is 0 Å². The van der Waals surface area contributed by atoms with Gasteiger partial charge in [0.2, 0.25) is 0 Å². The summed E-state index contributed by atoms with van der Waals surface area (Å²) in [7, 11) is 0. The van der Waals surface area contributed by atoms with Crippen LogP contribution in [0.3, 0.4) is 0 Å². The van der Waals surface area contributed by atoms with E-state index in [1.165, 1.54) is 22.3 Å². The average Bonchev–Trinajstić information content (AvgIpc) is 2.46. The summed E-state index contributed by atoms with van der Waals surface area (Å²) in [6, 6.07) is 17.6. The predicted molar refractivity (Wildman–Crippen MR) is 80.4 cm³/mol. The monoisotopic (exact) mass is 254 g/mol. The summed E-state index contributed by atoms with van der Waals surface area (Å²) in [4.78, 5) is 0. The molecule has 0 heterocycles. The number of ether oxygens (including phenoxy) is 1. The van der Waals surface area contributed by atoms with E-state index in [2.05, 4.69) is 55.5 Å². The molecule has 1 nitrogen and oxygen atoms in total. The molecule has 0 fully saturated rings. The largest absolute Gasteiger partial charge is 0.377 e. The van der Waals surface area contributed by atoms with E-state index in [1.54, 1.807) is 0 Å². The summed E-state index contributed by atoms with van der Waals surface area (Å²) < 4.78 is 5.40. The SMILES string of the molecule is CCOCc1ccc(CCc2ccc(C)cc2)cc1. The fourth-order valence-corrected chi connectivity index (χ4v) is 2.07. The number of hydrogen-bond acceptors (Lipinski definition) is 1. The molecule has 2 rings (SSSR count). The highest BCUT2D eigenvalue weighted by Gasteiger charge is 1.97.